The first kappa shape index (κ1) is 21.2. The number of hydrogen-bond acceptors (Lipinski definition) is 3. The maximum atomic E-state index is 13.4. The molecule has 3 aromatic carbocycles. The second kappa shape index (κ2) is 8.23. The van der Waals surface area contributed by atoms with Gasteiger partial charge in [0.05, 0.1) is 17.1 Å². The molecule has 4 rings (SSSR count). The molecule has 4 aromatic rings. The summed E-state index contributed by atoms with van der Waals surface area (Å²) in [6.07, 6.45) is 1.70. The second-order valence-corrected chi connectivity index (χ2v) is 9.62. The molecule has 5 heteroatoms. The van der Waals surface area contributed by atoms with Crippen LogP contribution in [0.5, 0.6) is 0 Å². The van der Waals surface area contributed by atoms with Gasteiger partial charge in [0.1, 0.15) is 0 Å². The summed E-state index contributed by atoms with van der Waals surface area (Å²) in [5.41, 5.74) is 4.61. The van der Waals surface area contributed by atoms with E-state index in [0.29, 0.717) is 16.7 Å². The van der Waals surface area contributed by atoms with Crippen molar-refractivity contribution in [1.82, 2.24) is 9.66 Å². The van der Waals surface area contributed by atoms with Gasteiger partial charge in [0.15, 0.2) is 5.82 Å². The van der Waals surface area contributed by atoms with Gasteiger partial charge in [-0.05, 0) is 41.7 Å². The first-order valence-corrected chi connectivity index (χ1v) is 11.0. The predicted molar refractivity (Wildman–Crippen MR) is 132 cm³/mol. The van der Waals surface area contributed by atoms with Gasteiger partial charge < -0.3 is 0 Å². The number of halogens is 1. The molecule has 0 fully saturated rings. The third-order valence-electron chi connectivity index (χ3n) is 5.18. The van der Waals surface area contributed by atoms with Crippen LogP contribution >= 0.6 is 15.9 Å². The molecule has 0 saturated heterocycles. The van der Waals surface area contributed by atoms with Crippen molar-refractivity contribution in [3.05, 3.63) is 98.2 Å². The highest BCUT2D eigenvalue weighted by molar-refractivity contribution is 9.10. The molecule has 0 unspecified atom stereocenters. The second-order valence-electron chi connectivity index (χ2n) is 8.70. The predicted octanol–water partition coefficient (Wildman–Crippen LogP) is 6.31. The Kier molecular flexibility index (Phi) is 5.63. The van der Waals surface area contributed by atoms with E-state index in [-0.39, 0.29) is 11.0 Å². The van der Waals surface area contributed by atoms with Crippen LogP contribution in [0.3, 0.4) is 0 Å². The molecule has 1 aromatic heterocycles. The molecule has 0 bridgehead atoms. The topological polar surface area (TPSA) is 47.2 Å². The van der Waals surface area contributed by atoms with Gasteiger partial charge in [-0.2, -0.15) is 9.78 Å². The Hall–Kier alpha value is -3.05. The first-order valence-electron chi connectivity index (χ1n) is 10.2. The van der Waals surface area contributed by atoms with Crippen molar-refractivity contribution in [3.8, 4) is 11.4 Å². The fourth-order valence-electron chi connectivity index (χ4n) is 3.44. The summed E-state index contributed by atoms with van der Waals surface area (Å²) < 4.78 is 2.22. The zero-order valence-electron chi connectivity index (χ0n) is 18.1. The van der Waals surface area contributed by atoms with Gasteiger partial charge in [-0.1, -0.05) is 90.8 Å². The van der Waals surface area contributed by atoms with Gasteiger partial charge in [-0.25, -0.2) is 4.98 Å². The van der Waals surface area contributed by atoms with Crippen LogP contribution in [0.4, 0.5) is 0 Å². The number of fused-ring (bicyclic) bond motifs is 1. The molecule has 156 valence electrons. The Morgan fingerprint density at radius 1 is 1.00 bits per heavy atom. The van der Waals surface area contributed by atoms with E-state index in [4.69, 9.17) is 4.98 Å². The van der Waals surface area contributed by atoms with Gasteiger partial charge in [0.2, 0.25) is 0 Å². The smallest absolute Gasteiger partial charge is 0.267 e. The van der Waals surface area contributed by atoms with E-state index in [0.717, 1.165) is 21.2 Å². The Morgan fingerprint density at radius 2 is 1.74 bits per heavy atom. The largest absolute Gasteiger partial charge is 0.282 e. The van der Waals surface area contributed by atoms with E-state index in [9.17, 15) is 4.79 Å². The molecular formula is C26H24BrN3O. The molecular weight excluding hydrogens is 450 g/mol. The van der Waals surface area contributed by atoms with Crippen molar-refractivity contribution in [2.75, 3.05) is 0 Å². The maximum Gasteiger partial charge on any atom is 0.282 e. The van der Waals surface area contributed by atoms with Crippen molar-refractivity contribution >= 4 is 33.0 Å². The number of hydrogen-bond donors (Lipinski definition) is 0. The highest BCUT2D eigenvalue weighted by Crippen LogP contribution is 2.26. The molecule has 0 atom stereocenters. The summed E-state index contributed by atoms with van der Waals surface area (Å²) in [5.74, 6) is 0.518. The Bertz CT molecular complexity index is 1350. The van der Waals surface area contributed by atoms with E-state index < -0.39 is 0 Å². The Morgan fingerprint density at radius 3 is 2.42 bits per heavy atom. The molecule has 0 spiro atoms. The summed E-state index contributed by atoms with van der Waals surface area (Å²) in [7, 11) is 0. The van der Waals surface area contributed by atoms with Gasteiger partial charge in [0.25, 0.3) is 5.56 Å². The van der Waals surface area contributed by atoms with Crippen LogP contribution in [0.2, 0.25) is 0 Å². The summed E-state index contributed by atoms with van der Waals surface area (Å²) >= 11 is 3.45. The molecule has 0 aliphatic heterocycles. The fourth-order valence-corrected chi connectivity index (χ4v) is 3.80. The molecule has 1 heterocycles. The van der Waals surface area contributed by atoms with E-state index in [2.05, 4.69) is 53.9 Å². The molecule has 0 amide bonds. The lowest BCUT2D eigenvalue weighted by Gasteiger charge is -2.19. The monoisotopic (exact) mass is 473 g/mol. The lowest BCUT2D eigenvalue weighted by atomic mass is 9.86. The summed E-state index contributed by atoms with van der Waals surface area (Å²) in [6.45, 7) is 8.56. The van der Waals surface area contributed by atoms with Gasteiger partial charge >= 0.3 is 0 Å². The normalized spacial score (nSPS) is 12.0. The maximum absolute atomic E-state index is 13.4. The number of rotatable bonds is 3. The standard InChI is InChI=1S/C26H24BrN3O/c1-17-6-5-7-18(14-17)16-28-30-24(19-8-10-20(11-9-19)26(2,3)4)29-23-13-12-21(27)15-22(23)25(30)31/h5-16H,1-4H3. The minimum Gasteiger partial charge on any atom is -0.267 e. The molecule has 0 saturated carbocycles. The zero-order chi connectivity index (χ0) is 22.2. The van der Waals surface area contributed by atoms with E-state index in [1.807, 2.05) is 55.5 Å². The van der Waals surface area contributed by atoms with Crippen LogP contribution in [0, 0.1) is 6.92 Å². The van der Waals surface area contributed by atoms with Gasteiger partial charge in [-0.15, -0.1) is 0 Å². The highest BCUT2D eigenvalue weighted by Gasteiger charge is 2.16. The van der Waals surface area contributed by atoms with Crippen LogP contribution in [-0.2, 0) is 5.41 Å². The SMILES string of the molecule is Cc1cccc(C=Nn2c(-c3ccc(C(C)(C)C)cc3)nc3ccc(Br)cc3c2=O)c1. The van der Waals surface area contributed by atoms with E-state index in [1.54, 1.807) is 12.3 Å². The van der Waals surface area contributed by atoms with Crippen molar-refractivity contribution < 1.29 is 0 Å². The number of nitrogens with zero attached hydrogens (tertiary/aromatic N) is 3. The minimum atomic E-state index is -0.204. The van der Waals surface area contributed by atoms with Gasteiger partial charge in [0, 0.05) is 10.0 Å². The first-order chi connectivity index (χ1) is 14.7. The van der Waals surface area contributed by atoms with Crippen LogP contribution < -0.4 is 5.56 Å². The summed E-state index contributed by atoms with van der Waals surface area (Å²) in [5, 5.41) is 5.07. The quantitative estimate of drug-likeness (QED) is 0.327. The van der Waals surface area contributed by atoms with E-state index >= 15 is 0 Å². The third-order valence-corrected chi connectivity index (χ3v) is 5.68. The van der Waals surface area contributed by atoms with Gasteiger partial charge in [-0.3, -0.25) is 4.79 Å². The lowest BCUT2D eigenvalue weighted by Crippen LogP contribution is -2.20. The Balaban J connectivity index is 1.91. The van der Waals surface area contributed by atoms with Crippen LogP contribution in [0.1, 0.15) is 37.5 Å². The van der Waals surface area contributed by atoms with Crippen molar-refractivity contribution in [2.24, 2.45) is 5.10 Å². The van der Waals surface area contributed by atoms with Crippen molar-refractivity contribution in [3.63, 3.8) is 0 Å². The average Bonchev–Trinajstić information content (AvgIpc) is 2.73. The summed E-state index contributed by atoms with van der Waals surface area (Å²) in [6, 6.07) is 21.7. The van der Waals surface area contributed by atoms with Crippen molar-refractivity contribution in [2.45, 2.75) is 33.1 Å². The number of aryl methyl sites for hydroxylation is 1. The number of aromatic nitrogens is 2. The van der Waals surface area contributed by atoms with E-state index in [1.165, 1.54) is 10.2 Å². The molecule has 0 aliphatic rings. The highest BCUT2D eigenvalue weighted by atomic mass is 79.9. The van der Waals surface area contributed by atoms with Crippen LogP contribution in [0.15, 0.2) is 81.1 Å². The molecule has 0 aliphatic carbocycles. The molecule has 31 heavy (non-hydrogen) atoms. The minimum absolute atomic E-state index is 0.0462. The fraction of sp³-hybridized carbons (Fsp3) is 0.192. The zero-order valence-corrected chi connectivity index (χ0v) is 19.6. The van der Waals surface area contributed by atoms with Crippen molar-refractivity contribution in [1.29, 1.82) is 0 Å². The summed E-state index contributed by atoms with van der Waals surface area (Å²) in [4.78, 5) is 18.2. The Labute approximate surface area is 190 Å². The average molecular weight is 474 g/mol. The number of benzene rings is 3. The van der Waals surface area contributed by atoms with Crippen LogP contribution in [0.25, 0.3) is 22.3 Å². The molecule has 0 radical (unpaired) electrons. The van der Waals surface area contributed by atoms with Crippen LogP contribution in [-0.4, -0.2) is 15.9 Å². The third kappa shape index (κ3) is 4.52. The molecule has 0 N–H and O–H groups in total. The molecule has 4 nitrogen and oxygen atoms in total. The lowest BCUT2D eigenvalue weighted by molar-refractivity contribution is 0.590.